The summed E-state index contributed by atoms with van der Waals surface area (Å²) in [6.45, 7) is 7.68. The van der Waals surface area contributed by atoms with E-state index in [2.05, 4.69) is 51.5 Å². The molecule has 1 unspecified atom stereocenters. The third-order valence-corrected chi connectivity index (χ3v) is 5.16. The van der Waals surface area contributed by atoms with Crippen molar-refractivity contribution < 1.29 is 9.29 Å². The lowest BCUT2D eigenvalue weighted by Gasteiger charge is -2.11. The van der Waals surface area contributed by atoms with Crippen molar-refractivity contribution in [2.45, 2.75) is 31.6 Å². The lowest BCUT2D eigenvalue weighted by atomic mass is 10.1. The Bertz CT molecular complexity index is 788. The summed E-state index contributed by atoms with van der Waals surface area (Å²) in [5.41, 5.74) is 8.92. The summed E-state index contributed by atoms with van der Waals surface area (Å²) in [5, 5.41) is 0. The monoisotopic (exact) mass is 465 g/mol. The summed E-state index contributed by atoms with van der Waals surface area (Å²) in [7, 11) is 1.55. The molecule has 0 bridgehead atoms. The zero-order valence-corrected chi connectivity index (χ0v) is 18.9. The fourth-order valence-corrected chi connectivity index (χ4v) is 2.75. The maximum absolute atomic E-state index is 8.98. The normalized spacial score (nSPS) is 13.1. The predicted octanol–water partition coefficient (Wildman–Crippen LogP) is 5.96. The highest BCUT2D eigenvalue weighted by molar-refractivity contribution is 9.18. The van der Waals surface area contributed by atoms with Crippen LogP contribution in [0.15, 0.2) is 76.8 Å². The van der Waals surface area contributed by atoms with E-state index in [4.69, 9.17) is 15.0 Å². The molecule has 1 atom stereocenters. The van der Waals surface area contributed by atoms with Gasteiger partial charge in [0.2, 0.25) is 5.88 Å². The molecule has 5 nitrogen and oxygen atoms in total. The Morgan fingerprint density at radius 2 is 2.07 bits per heavy atom. The second kappa shape index (κ2) is 13.3. The van der Waals surface area contributed by atoms with Crippen LogP contribution in [0.2, 0.25) is 0 Å². The van der Waals surface area contributed by atoms with E-state index in [-0.39, 0.29) is 5.92 Å². The molecule has 2 rings (SSSR count). The Morgan fingerprint density at radius 3 is 2.61 bits per heavy atom. The molecule has 0 spiro atoms. The molecule has 0 amide bonds. The van der Waals surface area contributed by atoms with E-state index in [9.17, 15) is 0 Å². The fraction of sp³-hybridized carbons (Fsp3) is 0.286. The van der Waals surface area contributed by atoms with Crippen molar-refractivity contribution in [1.82, 2.24) is 4.98 Å². The second-order valence-corrected chi connectivity index (χ2v) is 7.45. The van der Waals surface area contributed by atoms with Crippen LogP contribution in [0, 0.1) is 5.92 Å². The van der Waals surface area contributed by atoms with Gasteiger partial charge in [-0.2, -0.15) is 0 Å². The number of halogens is 1. The summed E-state index contributed by atoms with van der Waals surface area (Å²) < 4.78 is 14.7. The maximum Gasteiger partial charge on any atom is 0.233 e. The van der Waals surface area contributed by atoms with E-state index in [1.165, 1.54) is 5.56 Å². The second-order valence-electron chi connectivity index (χ2n) is 6.01. The van der Waals surface area contributed by atoms with E-state index < -0.39 is 0 Å². The van der Waals surface area contributed by atoms with E-state index in [0.717, 1.165) is 35.3 Å². The largest absolute Gasteiger partial charge is 0.480 e. The molecule has 2 aromatic rings. The van der Waals surface area contributed by atoms with Crippen molar-refractivity contribution in [2.75, 3.05) is 7.11 Å². The first-order valence-electron chi connectivity index (χ1n) is 8.87. The Balaban J connectivity index is 0.000000280. The first-order valence-corrected chi connectivity index (χ1v) is 10.4. The summed E-state index contributed by atoms with van der Waals surface area (Å²) >= 11 is 4.01. The van der Waals surface area contributed by atoms with Crippen LogP contribution in [-0.2, 0) is 11.2 Å². The van der Waals surface area contributed by atoms with Gasteiger partial charge < -0.3 is 20.0 Å². The van der Waals surface area contributed by atoms with Crippen molar-refractivity contribution >= 4 is 32.6 Å². The number of H-pyrrole nitrogens is 1. The third-order valence-electron chi connectivity index (χ3n) is 4.08. The SMILES string of the molecule is C=C/C(Br)=N\C(OC)=C(\N)C(C)CC.OSc1c[nH]cc1Cc1ccccc1. The number of benzene rings is 1. The summed E-state index contributed by atoms with van der Waals surface area (Å²) in [6.07, 6.45) is 7.13. The van der Waals surface area contributed by atoms with Crippen LogP contribution in [-0.4, -0.2) is 21.3 Å². The molecule has 1 aromatic carbocycles. The van der Waals surface area contributed by atoms with Crippen LogP contribution in [0.1, 0.15) is 31.4 Å². The van der Waals surface area contributed by atoms with Gasteiger partial charge in [-0.3, -0.25) is 0 Å². The predicted molar refractivity (Wildman–Crippen MR) is 123 cm³/mol. The Labute approximate surface area is 180 Å². The van der Waals surface area contributed by atoms with Crippen LogP contribution in [0.4, 0.5) is 0 Å². The number of hydrogen-bond donors (Lipinski definition) is 3. The molecular formula is C21H28BrN3O2S. The van der Waals surface area contributed by atoms with Gasteiger partial charge in [-0.1, -0.05) is 50.8 Å². The van der Waals surface area contributed by atoms with Gasteiger partial charge in [0.05, 0.1) is 17.7 Å². The molecule has 0 fully saturated rings. The number of hydrogen-bond acceptors (Lipinski definition) is 5. The van der Waals surface area contributed by atoms with E-state index in [1.54, 1.807) is 13.2 Å². The lowest BCUT2D eigenvalue weighted by Crippen LogP contribution is -2.12. The molecule has 0 aliphatic heterocycles. The first kappa shape index (κ1) is 24.1. The number of aromatic nitrogens is 1. The van der Waals surface area contributed by atoms with Gasteiger partial charge >= 0.3 is 0 Å². The van der Waals surface area contributed by atoms with Gasteiger partial charge in [0.1, 0.15) is 4.62 Å². The van der Waals surface area contributed by atoms with Gasteiger partial charge in [0, 0.05) is 36.8 Å². The zero-order chi connectivity index (χ0) is 20.9. The minimum atomic E-state index is 0.263. The smallest absolute Gasteiger partial charge is 0.233 e. The summed E-state index contributed by atoms with van der Waals surface area (Å²) in [5.74, 6) is 0.713. The molecule has 7 heteroatoms. The summed E-state index contributed by atoms with van der Waals surface area (Å²) in [6, 6.07) is 10.2. The average Bonchev–Trinajstić information content (AvgIpc) is 3.18. The van der Waals surface area contributed by atoms with Crippen LogP contribution in [0.25, 0.3) is 0 Å². The van der Waals surface area contributed by atoms with Crippen molar-refractivity contribution in [3.05, 3.63) is 78.1 Å². The first-order chi connectivity index (χ1) is 13.5. The standard InChI is InChI=1S/C11H11NOS.C10H17BrN2O/c13-14-11-8-12-7-10(11)6-9-4-2-1-3-5-9;1-5-7(3)9(12)10(14-4)13-8(11)6-2/h1-5,7-8,12-13H,6H2;6-7H,2,5,12H2,1,3-4H3/b;10-9-,13-8+. The topological polar surface area (TPSA) is 83.6 Å². The molecular weight excluding hydrogens is 438 g/mol. The molecule has 28 heavy (non-hydrogen) atoms. The number of rotatable bonds is 8. The number of nitrogens with two attached hydrogens (primary N) is 1. The fourth-order valence-electron chi connectivity index (χ4n) is 2.22. The Hall–Kier alpha value is -1.96. The third kappa shape index (κ3) is 7.96. The number of nitrogens with zero attached hydrogens (tertiary/aromatic N) is 1. The molecule has 1 aromatic heterocycles. The van der Waals surface area contributed by atoms with Crippen LogP contribution < -0.4 is 5.73 Å². The van der Waals surface area contributed by atoms with Gasteiger partial charge in [0.25, 0.3) is 0 Å². The van der Waals surface area contributed by atoms with E-state index in [0.29, 0.717) is 16.2 Å². The van der Waals surface area contributed by atoms with E-state index >= 15 is 0 Å². The molecule has 152 valence electrons. The average molecular weight is 466 g/mol. The maximum atomic E-state index is 8.98. The lowest BCUT2D eigenvalue weighted by molar-refractivity contribution is 0.278. The number of ether oxygens (including phenoxy) is 1. The number of allylic oxidation sites excluding steroid dienone is 2. The van der Waals surface area contributed by atoms with Crippen molar-refractivity contribution in [3.8, 4) is 0 Å². The number of aromatic amines is 1. The van der Waals surface area contributed by atoms with Gasteiger partial charge in [-0.25, -0.2) is 4.99 Å². The highest BCUT2D eigenvalue weighted by Gasteiger charge is 2.09. The Kier molecular flexibility index (Phi) is 11.4. The minimum Gasteiger partial charge on any atom is -0.480 e. The molecule has 0 saturated carbocycles. The Morgan fingerprint density at radius 1 is 1.39 bits per heavy atom. The minimum absolute atomic E-state index is 0.263. The number of methoxy groups -OCH3 is 1. The number of nitrogens with one attached hydrogen (secondary N) is 1. The highest BCUT2D eigenvalue weighted by Crippen LogP contribution is 2.21. The number of aliphatic imine (C=N–C) groups is 1. The van der Waals surface area contributed by atoms with Crippen LogP contribution in [0.5, 0.6) is 0 Å². The van der Waals surface area contributed by atoms with Crippen molar-refractivity contribution in [2.24, 2.45) is 16.6 Å². The van der Waals surface area contributed by atoms with E-state index in [1.807, 2.05) is 37.5 Å². The zero-order valence-electron chi connectivity index (χ0n) is 16.5. The molecule has 4 N–H and O–H groups in total. The van der Waals surface area contributed by atoms with Crippen LogP contribution in [0.3, 0.4) is 0 Å². The molecule has 0 radical (unpaired) electrons. The van der Waals surface area contributed by atoms with Crippen molar-refractivity contribution in [1.29, 1.82) is 0 Å². The molecule has 0 saturated heterocycles. The van der Waals surface area contributed by atoms with Gasteiger partial charge in [-0.05, 0) is 39.6 Å². The van der Waals surface area contributed by atoms with Gasteiger partial charge in [0.15, 0.2) is 0 Å². The van der Waals surface area contributed by atoms with Crippen molar-refractivity contribution in [3.63, 3.8) is 0 Å². The van der Waals surface area contributed by atoms with Gasteiger partial charge in [-0.15, -0.1) is 0 Å². The highest BCUT2D eigenvalue weighted by atomic mass is 79.9. The summed E-state index contributed by atoms with van der Waals surface area (Å²) in [4.78, 5) is 8.02. The quantitative estimate of drug-likeness (QED) is 0.255. The van der Waals surface area contributed by atoms with Crippen LogP contribution >= 0.6 is 28.0 Å². The molecule has 0 aliphatic carbocycles. The molecule has 0 aliphatic rings. The molecule has 1 heterocycles.